The summed E-state index contributed by atoms with van der Waals surface area (Å²) >= 11 is 2.83. The van der Waals surface area contributed by atoms with Crippen LogP contribution in [0, 0.1) is 0 Å². The maximum Gasteiger partial charge on any atom is 0.338 e. The number of thiazole rings is 1. The predicted molar refractivity (Wildman–Crippen MR) is 147 cm³/mol. The molecular formula is C28H32N2O5S2. The average molecular weight is 541 g/mol. The highest BCUT2D eigenvalue weighted by Crippen LogP contribution is 2.35. The van der Waals surface area contributed by atoms with Crippen LogP contribution >= 0.6 is 22.7 Å². The monoisotopic (exact) mass is 540 g/mol. The number of rotatable bonds is 10. The molecule has 0 N–H and O–H groups in total. The van der Waals surface area contributed by atoms with Crippen LogP contribution in [0.5, 0.6) is 11.5 Å². The molecule has 1 aromatic carbocycles. The Morgan fingerprint density at radius 2 is 1.97 bits per heavy atom. The van der Waals surface area contributed by atoms with E-state index in [1.165, 1.54) is 22.7 Å². The van der Waals surface area contributed by atoms with Crippen LogP contribution in [-0.2, 0) is 9.53 Å². The van der Waals surface area contributed by atoms with Crippen molar-refractivity contribution in [3.05, 3.63) is 77.1 Å². The van der Waals surface area contributed by atoms with Gasteiger partial charge in [-0.15, -0.1) is 11.3 Å². The standard InChI is InChI=1S/C28H32N2O5S2/c1-6-10-19-24(27(32)34-8-3)25(22-11-9-14-36-22)30-26(31)23(37-28(30)29-19)16-18-12-13-20(35-17(4)5)21(15-18)33-7-2/h9,11-17,25H,6-8,10H2,1-5H3/b23-16-/t25-/m0/s1. The van der Waals surface area contributed by atoms with Gasteiger partial charge in [-0.25, -0.2) is 9.79 Å². The molecule has 0 spiro atoms. The highest BCUT2D eigenvalue weighted by Gasteiger charge is 2.34. The van der Waals surface area contributed by atoms with Crippen molar-refractivity contribution < 1.29 is 19.0 Å². The summed E-state index contributed by atoms with van der Waals surface area (Å²) < 4.78 is 19.3. The lowest BCUT2D eigenvalue weighted by atomic mass is 9.99. The molecule has 1 atom stereocenters. The van der Waals surface area contributed by atoms with E-state index in [0.29, 0.717) is 45.1 Å². The number of nitrogens with zero attached hydrogens (tertiary/aromatic N) is 2. The third-order valence-corrected chi connectivity index (χ3v) is 7.54. The highest BCUT2D eigenvalue weighted by molar-refractivity contribution is 7.10. The molecule has 0 amide bonds. The zero-order valence-electron chi connectivity index (χ0n) is 21.8. The molecule has 1 aliphatic rings. The summed E-state index contributed by atoms with van der Waals surface area (Å²) in [5.74, 6) is 0.866. The molecule has 196 valence electrons. The van der Waals surface area contributed by atoms with Crippen molar-refractivity contribution in [2.45, 2.75) is 59.6 Å². The van der Waals surface area contributed by atoms with Gasteiger partial charge in [-0.3, -0.25) is 9.36 Å². The molecule has 0 bridgehead atoms. The average Bonchev–Trinajstić information content (AvgIpc) is 3.49. The SMILES string of the molecule is CCCC1=C(C(=O)OCC)[C@H](c2cccs2)n2c(s/c(=C\c3ccc(OC(C)C)c(OCC)c3)c2=O)=N1. The first-order valence-electron chi connectivity index (χ1n) is 12.6. The third-order valence-electron chi connectivity index (χ3n) is 5.63. The smallest absolute Gasteiger partial charge is 0.338 e. The van der Waals surface area contributed by atoms with Crippen molar-refractivity contribution in [1.29, 1.82) is 0 Å². The van der Waals surface area contributed by atoms with Gasteiger partial charge >= 0.3 is 5.97 Å². The summed E-state index contributed by atoms with van der Waals surface area (Å²) in [7, 11) is 0. The lowest BCUT2D eigenvalue weighted by Crippen LogP contribution is -2.39. The van der Waals surface area contributed by atoms with Crippen LogP contribution in [0.3, 0.4) is 0 Å². The van der Waals surface area contributed by atoms with E-state index in [2.05, 4.69) is 0 Å². The maximum atomic E-state index is 13.8. The zero-order valence-corrected chi connectivity index (χ0v) is 23.4. The van der Waals surface area contributed by atoms with Gasteiger partial charge in [0.2, 0.25) is 0 Å². The summed E-state index contributed by atoms with van der Waals surface area (Å²) in [5.41, 5.74) is 1.75. The second kappa shape index (κ2) is 11.9. The van der Waals surface area contributed by atoms with E-state index < -0.39 is 12.0 Å². The Balaban J connectivity index is 1.89. The Labute approximate surface area is 224 Å². The number of benzene rings is 1. The fraction of sp³-hybridized carbons (Fsp3) is 0.393. The van der Waals surface area contributed by atoms with Gasteiger partial charge in [0.05, 0.1) is 35.1 Å². The van der Waals surface area contributed by atoms with Crippen LogP contribution in [0.4, 0.5) is 0 Å². The molecule has 0 unspecified atom stereocenters. The summed E-state index contributed by atoms with van der Waals surface area (Å²) in [6.45, 7) is 10.4. The van der Waals surface area contributed by atoms with E-state index in [0.717, 1.165) is 16.9 Å². The molecule has 0 fully saturated rings. The van der Waals surface area contributed by atoms with Gasteiger partial charge in [0, 0.05) is 4.88 Å². The number of thiophene rings is 1. The largest absolute Gasteiger partial charge is 0.490 e. The second-order valence-electron chi connectivity index (χ2n) is 8.73. The summed E-state index contributed by atoms with van der Waals surface area (Å²) in [5, 5.41) is 1.95. The molecule has 3 aromatic rings. The Morgan fingerprint density at radius 3 is 2.62 bits per heavy atom. The quantitative estimate of drug-likeness (QED) is 0.344. The van der Waals surface area contributed by atoms with Crippen LogP contribution in [0.15, 0.2) is 56.8 Å². The topological polar surface area (TPSA) is 79.1 Å². The first-order valence-corrected chi connectivity index (χ1v) is 14.3. The zero-order chi connectivity index (χ0) is 26.5. The van der Waals surface area contributed by atoms with Gasteiger partial charge in [-0.2, -0.15) is 0 Å². The van der Waals surface area contributed by atoms with E-state index in [1.54, 1.807) is 11.5 Å². The molecule has 0 radical (unpaired) electrons. The molecule has 4 rings (SSSR count). The van der Waals surface area contributed by atoms with Crippen molar-refractivity contribution in [1.82, 2.24) is 4.57 Å². The van der Waals surface area contributed by atoms with Crippen LogP contribution in [0.2, 0.25) is 0 Å². The molecule has 1 aliphatic heterocycles. The molecule has 3 heterocycles. The van der Waals surface area contributed by atoms with Crippen LogP contribution in [-0.4, -0.2) is 29.9 Å². The van der Waals surface area contributed by atoms with Gasteiger partial charge in [0.25, 0.3) is 5.56 Å². The molecule has 37 heavy (non-hydrogen) atoms. The first-order chi connectivity index (χ1) is 17.9. The van der Waals surface area contributed by atoms with Crippen molar-refractivity contribution in [3.63, 3.8) is 0 Å². The lowest BCUT2D eigenvalue weighted by Gasteiger charge is -2.24. The van der Waals surface area contributed by atoms with Crippen LogP contribution < -0.4 is 24.4 Å². The molecule has 0 saturated carbocycles. The lowest BCUT2D eigenvalue weighted by molar-refractivity contribution is -0.139. The van der Waals surface area contributed by atoms with E-state index in [1.807, 2.05) is 69.5 Å². The van der Waals surface area contributed by atoms with Gasteiger partial charge in [-0.1, -0.05) is 36.8 Å². The number of allylic oxidation sites excluding steroid dienone is 1. The molecular weight excluding hydrogens is 508 g/mol. The number of esters is 1. The van der Waals surface area contributed by atoms with Gasteiger partial charge in [-0.05, 0) is 69.3 Å². The summed E-state index contributed by atoms with van der Waals surface area (Å²) in [6, 6.07) is 8.95. The number of carbonyl (C=O) groups excluding carboxylic acids is 1. The van der Waals surface area contributed by atoms with Crippen molar-refractivity contribution >= 4 is 34.7 Å². The minimum atomic E-state index is -0.570. The Morgan fingerprint density at radius 1 is 1.16 bits per heavy atom. The minimum Gasteiger partial charge on any atom is -0.490 e. The van der Waals surface area contributed by atoms with Crippen molar-refractivity contribution in [2.24, 2.45) is 4.99 Å². The normalized spacial score (nSPS) is 15.5. The molecule has 0 aliphatic carbocycles. The van der Waals surface area contributed by atoms with Gasteiger partial charge in [0.15, 0.2) is 16.3 Å². The third kappa shape index (κ3) is 5.72. The van der Waals surface area contributed by atoms with Gasteiger partial charge < -0.3 is 14.2 Å². The highest BCUT2D eigenvalue weighted by atomic mass is 32.1. The fourth-order valence-electron chi connectivity index (χ4n) is 4.22. The Hall–Kier alpha value is -3.17. The van der Waals surface area contributed by atoms with Crippen LogP contribution in [0.1, 0.15) is 63.9 Å². The Bertz CT molecular complexity index is 1460. The number of hydrogen-bond acceptors (Lipinski definition) is 8. The summed E-state index contributed by atoms with van der Waals surface area (Å²) in [4.78, 5) is 33.2. The number of fused-ring (bicyclic) bond motifs is 1. The Kier molecular flexibility index (Phi) is 8.66. The maximum absolute atomic E-state index is 13.8. The number of ether oxygens (including phenoxy) is 3. The van der Waals surface area contributed by atoms with E-state index >= 15 is 0 Å². The molecule has 7 nitrogen and oxygen atoms in total. The molecule has 2 aromatic heterocycles. The first kappa shape index (κ1) is 26.9. The molecule has 0 saturated heterocycles. The predicted octanol–water partition coefficient (Wildman–Crippen LogP) is 4.83. The van der Waals surface area contributed by atoms with Crippen LogP contribution in [0.25, 0.3) is 6.08 Å². The second-order valence-corrected chi connectivity index (χ2v) is 10.7. The minimum absolute atomic E-state index is 0.0110. The van der Waals surface area contributed by atoms with Gasteiger partial charge in [0.1, 0.15) is 6.04 Å². The van der Waals surface area contributed by atoms with E-state index in [-0.39, 0.29) is 18.3 Å². The van der Waals surface area contributed by atoms with Crippen molar-refractivity contribution in [3.8, 4) is 11.5 Å². The summed E-state index contributed by atoms with van der Waals surface area (Å²) in [6.07, 6.45) is 3.29. The van der Waals surface area contributed by atoms with Crippen molar-refractivity contribution in [2.75, 3.05) is 13.2 Å². The van der Waals surface area contributed by atoms with E-state index in [9.17, 15) is 9.59 Å². The number of carbonyl (C=O) groups is 1. The molecule has 9 heteroatoms. The fourth-order valence-corrected chi connectivity index (χ4v) is 6.07. The number of aromatic nitrogens is 1. The number of hydrogen-bond donors (Lipinski definition) is 0. The van der Waals surface area contributed by atoms with E-state index in [4.69, 9.17) is 19.2 Å².